The SMILES string of the molecule is CCCC(NC(=O)Cc1ccccc1)C(=O)N1CCCN(c2nc3ccccc3[nH]2)CC1. The minimum Gasteiger partial charge on any atom is -0.344 e. The number of aromatic amines is 1. The summed E-state index contributed by atoms with van der Waals surface area (Å²) in [4.78, 5) is 38.0. The number of imidazole rings is 1. The third kappa shape index (κ3) is 5.28. The molecular weight excluding hydrogens is 402 g/mol. The first-order valence-electron chi connectivity index (χ1n) is 11.5. The van der Waals surface area contributed by atoms with Crippen LogP contribution in [0.3, 0.4) is 0 Å². The van der Waals surface area contributed by atoms with E-state index in [1.165, 1.54) is 0 Å². The molecule has 168 valence electrons. The first kappa shape index (κ1) is 21.9. The summed E-state index contributed by atoms with van der Waals surface area (Å²) in [5.74, 6) is 0.753. The lowest BCUT2D eigenvalue weighted by Gasteiger charge is -2.27. The number of carbonyl (C=O) groups excluding carboxylic acids is 2. The molecule has 1 aliphatic heterocycles. The summed E-state index contributed by atoms with van der Waals surface area (Å²) in [6.45, 7) is 4.88. The number of nitrogens with one attached hydrogen (secondary N) is 2. The van der Waals surface area contributed by atoms with Crippen molar-refractivity contribution in [2.75, 3.05) is 31.1 Å². The molecule has 7 heteroatoms. The van der Waals surface area contributed by atoms with E-state index in [0.717, 1.165) is 41.9 Å². The predicted molar refractivity (Wildman–Crippen MR) is 126 cm³/mol. The van der Waals surface area contributed by atoms with Gasteiger partial charge in [0.15, 0.2) is 0 Å². The second-order valence-corrected chi connectivity index (χ2v) is 8.31. The lowest BCUT2D eigenvalue weighted by atomic mass is 10.1. The molecule has 3 aromatic rings. The van der Waals surface area contributed by atoms with E-state index in [1.807, 2.05) is 66.4 Å². The molecule has 4 rings (SSSR count). The third-order valence-electron chi connectivity index (χ3n) is 5.90. The molecule has 32 heavy (non-hydrogen) atoms. The monoisotopic (exact) mass is 433 g/mol. The van der Waals surface area contributed by atoms with E-state index in [9.17, 15) is 9.59 Å². The Bertz CT molecular complexity index is 1020. The Kier molecular flexibility index (Phi) is 7.04. The molecule has 1 saturated heterocycles. The van der Waals surface area contributed by atoms with Crippen molar-refractivity contribution in [1.29, 1.82) is 0 Å². The number of benzene rings is 2. The molecule has 1 fully saturated rings. The standard InChI is InChI=1S/C25H31N5O2/c1-2-9-22(26-23(31)18-19-10-4-3-5-11-19)24(32)29-14-8-15-30(17-16-29)25-27-20-12-6-7-13-21(20)28-25/h3-7,10-13,22H,2,8-9,14-18H2,1H3,(H,26,31)(H,27,28). The molecule has 1 atom stereocenters. The van der Waals surface area contributed by atoms with Crippen LogP contribution in [0.5, 0.6) is 0 Å². The van der Waals surface area contributed by atoms with E-state index in [0.29, 0.717) is 26.1 Å². The molecule has 2 aromatic carbocycles. The third-order valence-corrected chi connectivity index (χ3v) is 5.90. The number of rotatable bonds is 7. The van der Waals surface area contributed by atoms with Gasteiger partial charge in [-0.25, -0.2) is 4.98 Å². The van der Waals surface area contributed by atoms with Gasteiger partial charge in [0.1, 0.15) is 6.04 Å². The molecule has 7 nitrogen and oxygen atoms in total. The van der Waals surface area contributed by atoms with E-state index >= 15 is 0 Å². The van der Waals surface area contributed by atoms with Crippen molar-refractivity contribution in [2.45, 2.75) is 38.6 Å². The summed E-state index contributed by atoms with van der Waals surface area (Å²) in [6, 6.07) is 17.1. The summed E-state index contributed by atoms with van der Waals surface area (Å²) in [5, 5.41) is 2.98. The number of carbonyl (C=O) groups is 2. The summed E-state index contributed by atoms with van der Waals surface area (Å²) < 4.78 is 0. The van der Waals surface area contributed by atoms with Crippen LogP contribution in [-0.2, 0) is 16.0 Å². The van der Waals surface area contributed by atoms with Crippen LogP contribution in [0.15, 0.2) is 54.6 Å². The molecular formula is C25H31N5O2. The number of hydrogen-bond donors (Lipinski definition) is 2. The molecule has 0 spiro atoms. The topological polar surface area (TPSA) is 81.3 Å². The highest BCUT2D eigenvalue weighted by molar-refractivity contribution is 5.88. The Balaban J connectivity index is 1.37. The zero-order chi connectivity index (χ0) is 22.3. The number of amides is 2. The van der Waals surface area contributed by atoms with E-state index < -0.39 is 6.04 Å². The number of H-pyrrole nitrogens is 1. The van der Waals surface area contributed by atoms with E-state index in [1.54, 1.807) is 0 Å². The lowest BCUT2D eigenvalue weighted by molar-refractivity contribution is -0.136. The molecule has 0 bridgehead atoms. The molecule has 0 saturated carbocycles. The van der Waals surface area contributed by atoms with Crippen LogP contribution in [0.1, 0.15) is 31.7 Å². The van der Waals surface area contributed by atoms with Crippen LogP contribution < -0.4 is 10.2 Å². The van der Waals surface area contributed by atoms with Crippen molar-refractivity contribution in [1.82, 2.24) is 20.2 Å². The van der Waals surface area contributed by atoms with Gasteiger partial charge in [-0.3, -0.25) is 9.59 Å². The largest absolute Gasteiger partial charge is 0.344 e. The molecule has 2 amide bonds. The van der Waals surface area contributed by atoms with Crippen LogP contribution in [0.4, 0.5) is 5.95 Å². The Labute approximate surface area is 188 Å². The van der Waals surface area contributed by atoms with E-state index in [2.05, 4.69) is 15.2 Å². The van der Waals surface area contributed by atoms with Crippen LogP contribution in [-0.4, -0.2) is 58.9 Å². The fourth-order valence-electron chi connectivity index (χ4n) is 4.23. The average Bonchev–Trinajstić information content (AvgIpc) is 3.08. The van der Waals surface area contributed by atoms with Gasteiger partial charge in [-0.05, 0) is 30.5 Å². The molecule has 1 aliphatic rings. The first-order chi connectivity index (χ1) is 15.6. The molecule has 1 aromatic heterocycles. The van der Waals surface area contributed by atoms with Gasteiger partial charge in [0.2, 0.25) is 17.8 Å². The Hall–Kier alpha value is -3.35. The van der Waals surface area contributed by atoms with Gasteiger partial charge in [-0.15, -0.1) is 0 Å². The highest BCUT2D eigenvalue weighted by Crippen LogP contribution is 2.19. The van der Waals surface area contributed by atoms with Crippen molar-refractivity contribution >= 4 is 28.8 Å². The zero-order valence-corrected chi connectivity index (χ0v) is 18.6. The quantitative estimate of drug-likeness (QED) is 0.600. The number of para-hydroxylation sites is 2. The van der Waals surface area contributed by atoms with Crippen LogP contribution >= 0.6 is 0 Å². The molecule has 1 unspecified atom stereocenters. The van der Waals surface area contributed by atoms with E-state index in [-0.39, 0.29) is 18.2 Å². The molecule has 0 aliphatic carbocycles. The Morgan fingerprint density at radius 3 is 2.59 bits per heavy atom. The van der Waals surface area contributed by atoms with Gasteiger partial charge in [-0.1, -0.05) is 55.8 Å². The van der Waals surface area contributed by atoms with Gasteiger partial charge >= 0.3 is 0 Å². The second-order valence-electron chi connectivity index (χ2n) is 8.31. The van der Waals surface area contributed by atoms with Crippen molar-refractivity contribution < 1.29 is 9.59 Å². The van der Waals surface area contributed by atoms with Crippen molar-refractivity contribution in [3.8, 4) is 0 Å². The lowest BCUT2D eigenvalue weighted by Crippen LogP contribution is -2.49. The highest BCUT2D eigenvalue weighted by Gasteiger charge is 2.27. The van der Waals surface area contributed by atoms with E-state index in [4.69, 9.17) is 4.98 Å². The summed E-state index contributed by atoms with van der Waals surface area (Å²) >= 11 is 0. The first-order valence-corrected chi connectivity index (χ1v) is 11.5. The summed E-state index contributed by atoms with van der Waals surface area (Å²) in [7, 11) is 0. The van der Waals surface area contributed by atoms with Crippen molar-refractivity contribution in [2.24, 2.45) is 0 Å². The summed E-state index contributed by atoms with van der Waals surface area (Å²) in [5.41, 5.74) is 2.91. The van der Waals surface area contributed by atoms with Gasteiger partial charge in [0.25, 0.3) is 0 Å². The fraction of sp³-hybridized carbons (Fsp3) is 0.400. The number of aromatic nitrogens is 2. The maximum absolute atomic E-state index is 13.3. The van der Waals surface area contributed by atoms with Crippen molar-refractivity contribution in [3.05, 3.63) is 60.2 Å². The number of hydrogen-bond acceptors (Lipinski definition) is 4. The average molecular weight is 434 g/mol. The highest BCUT2D eigenvalue weighted by atomic mass is 16.2. The minimum atomic E-state index is -0.478. The van der Waals surface area contributed by atoms with Crippen molar-refractivity contribution in [3.63, 3.8) is 0 Å². The van der Waals surface area contributed by atoms with Gasteiger partial charge < -0.3 is 20.1 Å². The number of anilines is 1. The predicted octanol–water partition coefficient (Wildman–Crippen LogP) is 3.13. The zero-order valence-electron chi connectivity index (χ0n) is 18.6. The summed E-state index contributed by atoms with van der Waals surface area (Å²) in [6.07, 6.45) is 2.62. The van der Waals surface area contributed by atoms with Crippen LogP contribution in [0.2, 0.25) is 0 Å². The molecule has 2 N–H and O–H groups in total. The van der Waals surface area contributed by atoms with Gasteiger partial charge in [0.05, 0.1) is 17.5 Å². The molecule has 0 radical (unpaired) electrons. The fourth-order valence-corrected chi connectivity index (χ4v) is 4.23. The van der Waals surface area contributed by atoms with Gasteiger partial charge in [0, 0.05) is 26.2 Å². The molecule has 2 heterocycles. The van der Waals surface area contributed by atoms with Crippen LogP contribution in [0, 0.1) is 0 Å². The maximum atomic E-state index is 13.3. The van der Waals surface area contributed by atoms with Crippen LogP contribution in [0.25, 0.3) is 11.0 Å². The number of nitrogens with zero attached hydrogens (tertiary/aromatic N) is 3. The number of fused-ring (bicyclic) bond motifs is 1. The maximum Gasteiger partial charge on any atom is 0.245 e. The normalized spacial score (nSPS) is 15.4. The second kappa shape index (κ2) is 10.3. The Morgan fingerprint density at radius 1 is 1.03 bits per heavy atom. The smallest absolute Gasteiger partial charge is 0.245 e. The Morgan fingerprint density at radius 2 is 1.81 bits per heavy atom. The van der Waals surface area contributed by atoms with Gasteiger partial charge in [-0.2, -0.15) is 0 Å². The minimum absolute atomic E-state index is 0.0136.